The van der Waals surface area contributed by atoms with Crippen LogP contribution >= 0.6 is 0 Å². The molecule has 1 aliphatic rings. The Labute approximate surface area is 127 Å². The second kappa shape index (κ2) is 7.46. The van der Waals surface area contributed by atoms with E-state index in [0.29, 0.717) is 36.4 Å². The van der Waals surface area contributed by atoms with Crippen LogP contribution in [-0.4, -0.2) is 43.1 Å². The molecule has 1 heterocycles. The lowest BCUT2D eigenvalue weighted by molar-refractivity contribution is 0.0724. The largest absolute Gasteiger partial charge is 0.491 e. The van der Waals surface area contributed by atoms with Crippen LogP contribution in [0.15, 0.2) is 24.3 Å². The van der Waals surface area contributed by atoms with Crippen LogP contribution in [0.4, 0.5) is 0 Å². The fourth-order valence-electron chi connectivity index (χ4n) is 2.71. The highest BCUT2D eigenvalue weighted by Crippen LogP contribution is 2.23. The van der Waals surface area contributed by atoms with Crippen molar-refractivity contribution in [3.05, 3.63) is 29.8 Å². The highest BCUT2D eigenvalue weighted by molar-refractivity contribution is 5.97. The van der Waals surface area contributed by atoms with Gasteiger partial charge >= 0.3 is 0 Å². The fourth-order valence-corrected chi connectivity index (χ4v) is 2.71. The molecule has 0 saturated carbocycles. The van der Waals surface area contributed by atoms with Gasteiger partial charge in [0.2, 0.25) is 0 Å². The Kier molecular flexibility index (Phi) is 5.62. The Bertz CT molecular complexity index is 476. The zero-order valence-corrected chi connectivity index (χ0v) is 13.3. The van der Waals surface area contributed by atoms with Gasteiger partial charge in [0, 0.05) is 12.6 Å². The number of hydrogen-bond donors (Lipinski definition) is 1. The fraction of sp³-hybridized carbons (Fsp3) is 0.588. The summed E-state index contributed by atoms with van der Waals surface area (Å²) in [6.45, 7) is 9.40. The Morgan fingerprint density at radius 2 is 2.10 bits per heavy atom. The minimum Gasteiger partial charge on any atom is -0.491 e. The lowest BCUT2D eigenvalue weighted by Crippen LogP contribution is -2.47. The first kappa shape index (κ1) is 15.8. The van der Waals surface area contributed by atoms with E-state index < -0.39 is 0 Å². The van der Waals surface area contributed by atoms with Crippen LogP contribution in [0.25, 0.3) is 0 Å². The predicted molar refractivity (Wildman–Crippen MR) is 84.8 cm³/mol. The average Bonchev–Trinajstić information content (AvgIpc) is 2.66. The van der Waals surface area contributed by atoms with Crippen LogP contribution in [0.3, 0.4) is 0 Å². The summed E-state index contributed by atoms with van der Waals surface area (Å²) in [4.78, 5) is 14.6. The number of ether oxygens (including phenoxy) is 1. The van der Waals surface area contributed by atoms with Gasteiger partial charge in [-0.1, -0.05) is 39.3 Å². The summed E-state index contributed by atoms with van der Waals surface area (Å²) in [7, 11) is 0. The Hall–Kier alpha value is -1.55. The molecule has 0 aromatic heterocycles. The number of fused-ring (bicyclic) bond motifs is 1. The van der Waals surface area contributed by atoms with Crippen molar-refractivity contribution in [2.24, 2.45) is 5.92 Å². The maximum atomic E-state index is 12.7. The SMILES string of the molecule is CCNC(CN1CCOc2ccccc2C1=O)C(C)CC. The predicted octanol–water partition coefficient (Wildman–Crippen LogP) is 2.55. The summed E-state index contributed by atoms with van der Waals surface area (Å²) in [6.07, 6.45) is 1.10. The smallest absolute Gasteiger partial charge is 0.257 e. The van der Waals surface area contributed by atoms with E-state index in [0.717, 1.165) is 19.5 Å². The minimum absolute atomic E-state index is 0.0781. The molecule has 21 heavy (non-hydrogen) atoms. The molecular weight excluding hydrogens is 264 g/mol. The first-order valence-electron chi connectivity index (χ1n) is 7.91. The third-order valence-electron chi connectivity index (χ3n) is 4.24. The van der Waals surface area contributed by atoms with Gasteiger partial charge in [0.05, 0.1) is 12.1 Å². The first-order chi connectivity index (χ1) is 10.2. The molecule has 0 bridgehead atoms. The lowest BCUT2D eigenvalue weighted by atomic mass is 9.98. The highest BCUT2D eigenvalue weighted by Gasteiger charge is 2.26. The summed E-state index contributed by atoms with van der Waals surface area (Å²) < 4.78 is 5.69. The molecule has 1 aliphatic heterocycles. The van der Waals surface area contributed by atoms with E-state index in [-0.39, 0.29) is 5.91 Å². The van der Waals surface area contributed by atoms with Gasteiger partial charge in [-0.15, -0.1) is 0 Å². The van der Waals surface area contributed by atoms with Gasteiger partial charge in [-0.25, -0.2) is 0 Å². The highest BCUT2D eigenvalue weighted by atomic mass is 16.5. The number of nitrogens with zero attached hydrogens (tertiary/aromatic N) is 1. The standard InChI is InChI=1S/C17H26N2O2/c1-4-13(3)15(18-5-2)12-19-10-11-21-16-9-7-6-8-14(16)17(19)20/h6-9,13,15,18H,4-5,10-12H2,1-3H3. The Morgan fingerprint density at radius 1 is 1.33 bits per heavy atom. The lowest BCUT2D eigenvalue weighted by Gasteiger charge is -2.30. The third-order valence-corrected chi connectivity index (χ3v) is 4.24. The van der Waals surface area contributed by atoms with E-state index in [1.54, 1.807) is 0 Å². The maximum Gasteiger partial charge on any atom is 0.257 e. The van der Waals surface area contributed by atoms with Crippen LogP contribution in [0.1, 0.15) is 37.6 Å². The van der Waals surface area contributed by atoms with Gasteiger partial charge in [0.1, 0.15) is 12.4 Å². The summed E-state index contributed by atoms with van der Waals surface area (Å²) in [5, 5.41) is 3.51. The number of para-hydroxylation sites is 1. The molecule has 116 valence electrons. The van der Waals surface area contributed by atoms with Gasteiger partial charge in [0.25, 0.3) is 5.91 Å². The van der Waals surface area contributed by atoms with Crippen LogP contribution in [-0.2, 0) is 0 Å². The maximum absolute atomic E-state index is 12.7. The summed E-state index contributed by atoms with van der Waals surface area (Å²) in [6, 6.07) is 7.84. The zero-order chi connectivity index (χ0) is 15.2. The second-order valence-corrected chi connectivity index (χ2v) is 5.65. The van der Waals surface area contributed by atoms with Crippen molar-refractivity contribution < 1.29 is 9.53 Å². The normalized spacial score (nSPS) is 17.7. The molecule has 4 nitrogen and oxygen atoms in total. The van der Waals surface area contributed by atoms with Crippen molar-refractivity contribution in [1.29, 1.82) is 0 Å². The molecule has 1 aromatic carbocycles. The number of nitrogens with one attached hydrogen (secondary N) is 1. The van der Waals surface area contributed by atoms with Gasteiger partial charge in [-0.2, -0.15) is 0 Å². The zero-order valence-electron chi connectivity index (χ0n) is 13.3. The van der Waals surface area contributed by atoms with Gasteiger partial charge in [0.15, 0.2) is 0 Å². The van der Waals surface area contributed by atoms with E-state index >= 15 is 0 Å². The van der Waals surface area contributed by atoms with Crippen LogP contribution in [0.5, 0.6) is 5.75 Å². The molecule has 2 unspecified atom stereocenters. The quantitative estimate of drug-likeness (QED) is 0.875. The van der Waals surface area contributed by atoms with E-state index in [1.165, 1.54) is 0 Å². The molecule has 0 radical (unpaired) electrons. The molecule has 1 aromatic rings. The third kappa shape index (κ3) is 3.76. The van der Waals surface area contributed by atoms with Gasteiger partial charge < -0.3 is 15.0 Å². The molecule has 0 fully saturated rings. The van der Waals surface area contributed by atoms with E-state index in [1.807, 2.05) is 29.2 Å². The molecule has 2 atom stereocenters. The van der Waals surface area contributed by atoms with E-state index in [2.05, 4.69) is 26.1 Å². The Morgan fingerprint density at radius 3 is 2.81 bits per heavy atom. The van der Waals surface area contributed by atoms with Crippen molar-refractivity contribution in [1.82, 2.24) is 10.2 Å². The average molecular weight is 290 g/mol. The first-order valence-corrected chi connectivity index (χ1v) is 7.91. The monoisotopic (exact) mass is 290 g/mol. The topological polar surface area (TPSA) is 41.6 Å². The number of benzene rings is 1. The summed E-state index contributed by atoms with van der Waals surface area (Å²) in [5.41, 5.74) is 0.675. The number of carbonyl (C=O) groups excluding carboxylic acids is 1. The van der Waals surface area contributed by atoms with Crippen molar-refractivity contribution in [3.63, 3.8) is 0 Å². The number of hydrogen-bond acceptors (Lipinski definition) is 3. The van der Waals surface area contributed by atoms with Gasteiger partial charge in [-0.05, 0) is 24.6 Å². The summed E-state index contributed by atoms with van der Waals surface area (Å²) >= 11 is 0. The number of rotatable bonds is 6. The number of likely N-dealkylation sites (N-methyl/N-ethyl adjacent to an activating group) is 1. The summed E-state index contributed by atoms with van der Waals surface area (Å²) in [5.74, 6) is 1.32. The number of amides is 1. The van der Waals surface area contributed by atoms with Crippen LogP contribution in [0, 0.1) is 5.92 Å². The van der Waals surface area contributed by atoms with E-state index in [9.17, 15) is 4.79 Å². The van der Waals surface area contributed by atoms with Crippen LogP contribution < -0.4 is 10.1 Å². The van der Waals surface area contributed by atoms with Gasteiger partial charge in [-0.3, -0.25) is 4.79 Å². The second-order valence-electron chi connectivity index (χ2n) is 5.65. The molecule has 0 aliphatic carbocycles. The van der Waals surface area contributed by atoms with Crippen molar-refractivity contribution in [2.45, 2.75) is 33.2 Å². The molecule has 4 heteroatoms. The van der Waals surface area contributed by atoms with Crippen LogP contribution in [0.2, 0.25) is 0 Å². The number of carbonyl (C=O) groups is 1. The molecule has 1 N–H and O–H groups in total. The van der Waals surface area contributed by atoms with E-state index in [4.69, 9.17) is 4.74 Å². The molecule has 2 rings (SSSR count). The molecule has 0 spiro atoms. The van der Waals surface area contributed by atoms with Crippen molar-refractivity contribution in [2.75, 3.05) is 26.2 Å². The van der Waals surface area contributed by atoms with Crippen molar-refractivity contribution >= 4 is 5.91 Å². The molecule has 1 amide bonds. The molecular formula is C17H26N2O2. The minimum atomic E-state index is 0.0781. The Balaban J connectivity index is 2.14. The van der Waals surface area contributed by atoms with Crippen molar-refractivity contribution in [3.8, 4) is 5.75 Å². The molecule has 0 saturated heterocycles.